The van der Waals surface area contributed by atoms with E-state index >= 15 is 0 Å². The molecule has 0 radical (unpaired) electrons. The van der Waals surface area contributed by atoms with Gasteiger partial charge >= 0.3 is 30.3 Å². The lowest BCUT2D eigenvalue weighted by Crippen LogP contribution is -2.37. The Morgan fingerprint density at radius 3 is 0.883 bits per heavy atom. The van der Waals surface area contributed by atoms with Crippen molar-refractivity contribution >= 4 is 73.9 Å². The monoisotopic (exact) mass is 1380 g/mol. The van der Waals surface area contributed by atoms with Gasteiger partial charge in [0.05, 0.1) is 11.5 Å². The largest absolute Gasteiger partial charge is 1.20 e. The summed E-state index contributed by atoms with van der Waals surface area (Å²) in [5, 5.41) is 3.90. The van der Waals surface area contributed by atoms with Gasteiger partial charge < -0.3 is 22.7 Å². The van der Waals surface area contributed by atoms with Gasteiger partial charge in [0.25, 0.3) is 0 Å². The molecule has 0 saturated carbocycles. The SMILES string of the molecule is CCCCCCCCC1(CCCCCCCC)c2cc(-c3ccc(-c4ccc([O][Al]([O]c5cccc6cccnc56)[O]c5cccc6cccnc56)cc4)cc3)c(C)cc2-c2cc(C)c(-c3ccc(-c4ccc([O][Al]([O]c5cccc6cccnc56)[O]c5cccc6cccnc56)cc4)cc3)cc21. The quantitative estimate of drug-likeness (QED) is 0.0319. The molecule has 1 aliphatic rings. The number of pyridine rings is 4. The molecule has 103 heavy (non-hydrogen) atoms. The number of aromatic nitrogens is 4. The van der Waals surface area contributed by atoms with E-state index in [-0.39, 0.29) is 5.41 Å². The molecule has 0 unspecified atom stereocenters. The summed E-state index contributed by atoms with van der Waals surface area (Å²) in [5.74, 6) is 3.74. The molecule has 4 heterocycles. The normalized spacial score (nSPS) is 12.1. The highest BCUT2D eigenvalue weighted by Gasteiger charge is 2.47. The molecule has 0 bridgehead atoms. The second kappa shape index (κ2) is 31.9. The van der Waals surface area contributed by atoms with E-state index in [4.69, 9.17) is 22.7 Å². The first-order valence-corrected chi connectivity index (χ1v) is 39.7. The summed E-state index contributed by atoms with van der Waals surface area (Å²) in [6.07, 6.45) is 24.5. The fourth-order valence-corrected chi connectivity index (χ4v) is 17.7. The first-order valence-electron chi connectivity index (χ1n) is 36.8. The van der Waals surface area contributed by atoms with E-state index in [9.17, 15) is 0 Å². The van der Waals surface area contributed by atoms with E-state index < -0.39 is 30.3 Å². The topological polar surface area (TPSA) is 107 Å². The smallest absolute Gasteiger partial charge is 0.577 e. The summed E-state index contributed by atoms with van der Waals surface area (Å²) < 4.78 is 40.1. The number of rotatable bonds is 30. The predicted octanol–water partition coefficient (Wildman–Crippen LogP) is 24.0. The van der Waals surface area contributed by atoms with Crippen molar-refractivity contribution in [2.45, 2.75) is 123 Å². The molecule has 12 heteroatoms. The second-order valence-corrected chi connectivity index (χ2v) is 29.9. The van der Waals surface area contributed by atoms with Crippen LogP contribution in [0.4, 0.5) is 0 Å². The lowest BCUT2D eigenvalue weighted by atomic mass is 9.69. The van der Waals surface area contributed by atoms with Crippen LogP contribution in [0.25, 0.3) is 99.2 Å². The Balaban J connectivity index is 0.701. The van der Waals surface area contributed by atoms with Crippen molar-refractivity contribution in [3.63, 3.8) is 0 Å². The lowest BCUT2D eigenvalue weighted by molar-refractivity contribution is 0.309. The molecule has 0 saturated heterocycles. The first-order chi connectivity index (χ1) is 50.7. The Morgan fingerprint density at radius 2 is 0.563 bits per heavy atom. The zero-order valence-electron chi connectivity index (χ0n) is 59.2. The maximum Gasteiger partial charge on any atom is 1.20 e. The number of nitrogens with zero attached hydrogens (tertiary/aromatic N) is 4. The van der Waals surface area contributed by atoms with Crippen molar-refractivity contribution < 1.29 is 22.7 Å². The molecule has 4 aromatic heterocycles. The third kappa shape index (κ3) is 15.3. The van der Waals surface area contributed by atoms with Gasteiger partial charge in [0, 0.05) is 51.7 Å². The zero-order valence-corrected chi connectivity index (χ0v) is 61.5. The van der Waals surface area contributed by atoms with Gasteiger partial charge in [-0.1, -0.05) is 249 Å². The molecule has 0 atom stereocenters. The van der Waals surface area contributed by atoms with Crippen LogP contribution >= 0.6 is 0 Å². The number of hydrogen-bond acceptors (Lipinski definition) is 10. The van der Waals surface area contributed by atoms with Gasteiger partial charge in [0.2, 0.25) is 0 Å². The summed E-state index contributed by atoms with van der Waals surface area (Å²) in [6, 6.07) is 84.6. The number of benzene rings is 10. The third-order valence-electron chi connectivity index (χ3n) is 20.5. The number of aryl methyl sites for hydroxylation is 2. The van der Waals surface area contributed by atoms with Crippen LogP contribution < -0.4 is 22.7 Å². The minimum absolute atomic E-state index is 0.135. The average Bonchev–Trinajstić information content (AvgIpc) is 1.55. The summed E-state index contributed by atoms with van der Waals surface area (Å²) >= 11 is -5.95. The molecule has 10 nitrogen and oxygen atoms in total. The molecule has 10 aromatic carbocycles. The molecular weight excluding hydrogens is 1300 g/mol. The van der Waals surface area contributed by atoms with Gasteiger partial charge in [-0.05, 0) is 190 Å². The molecule has 1 aliphatic carbocycles. The second-order valence-electron chi connectivity index (χ2n) is 27.4. The minimum atomic E-state index is -2.97. The van der Waals surface area contributed by atoms with Gasteiger partial charge in [0.15, 0.2) is 0 Å². The van der Waals surface area contributed by atoms with E-state index in [1.54, 1.807) is 24.8 Å². The number of hydrogen-bond donors (Lipinski definition) is 0. The molecule has 14 aromatic rings. The highest BCUT2D eigenvalue weighted by molar-refractivity contribution is 6.40. The van der Waals surface area contributed by atoms with Crippen LogP contribution in [0, 0.1) is 13.8 Å². The highest BCUT2D eigenvalue weighted by Crippen LogP contribution is 2.57. The Morgan fingerprint density at radius 1 is 0.282 bits per heavy atom. The maximum atomic E-state index is 6.70. The minimum Gasteiger partial charge on any atom is -0.577 e. The van der Waals surface area contributed by atoms with E-state index in [0.717, 1.165) is 78.7 Å². The highest BCUT2D eigenvalue weighted by atomic mass is 27.3. The van der Waals surface area contributed by atoms with Crippen LogP contribution in [0.15, 0.2) is 267 Å². The van der Waals surface area contributed by atoms with Crippen molar-refractivity contribution in [2.24, 2.45) is 0 Å². The molecule has 15 rings (SSSR count). The average molecular weight is 1380 g/mol. The van der Waals surface area contributed by atoms with Crippen molar-refractivity contribution in [1.29, 1.82) is 0 Å². The summed E-state index contributed by atoms with van der Waals surface area (Å²) in [7, 11) is 0. The van der Waals surface area contributed by atoms with Crippen LogP contribution in [0.1, 0.15) is 126 Å². The van der Waals surface area contributed by atoms with Crippen LogP contribution in [0.3, 0.4) is 0 Å². The Labute approximate surface area is 615 Å². The van der Waals surface area contributed by atoms with Gasteiger partial charge in [-0.2, -0.15) is 0 Å². The van der Waals surface area contributed by atoms with Crippen LogP contribution in [-0.2, 0) is 5.41 Å². The van der Waals surface area contributed by atoms with E-state index in [1.807, 2.05) is 146 Å². The molecule has 0 spiro atoms. The summed E-state index contributed by atoms with van der Waals surface area (Å²) in [4.78, 5) is 18.6. The van der Waals surface area contributed by atoms with Gasteiger partial charge in [-0.15, -0.1) is 0 Å². The molecule has 0 aliphatic heterocycles. The van der Waals surface area contributed by atoms with Gasteiger partial charge in [0.1, 0.15) is 45.1 Å². The van der Waals surface area contributed by atoms with Crippen LogP contribution in [-0.4, -0.2) is 50.2 Å². The molecule has 510 valence electrons. The number of unbranched alkanes of at least 4 members (excludes halogenated alkanes) is 10. The molecule has 0 N–H and O–H groups in total. The molecular formula is C91H84Al2N4O6. The Hall–Kier alpha value is -10.3. The van der Waals surface area contributed by atoms with E-state index in [1.165, 1.54) is 133 Å². The number of para-hydroxylation sites is 4. The maximum absolute atomic E-state index is 6.70. The van der Waals surface area contributed by atoms with E-state index in [2.05, 4.69) is 145 Å². The van der Waals surface area contributed by atoms with Gasteiger partial charge in [-0.3, -0.25) is 19.9 Å². The van der Waals surface area contributed by atoms with Crippen LogP contribution in [0.2, 0.25) is 0 Å². The standard InChI is InChI=1S/C55H62O2.4C9H7NO.2Al/c1-5-7-9-11-13-15-33-55(34-16-14-12-10-8-6-2)53-37-49(45-21-17-41(18-22-45)43-25-29-47(56)30-26-43)39(3)35-51(53)52-36-40(4)50(38-54(52)55)46-23-19-42(20-24-46)44-27-31-48(57)32-28-44;4*11-8-5-1-3-7-4-2-6-10-9(7)8;;/h17-32,35-38,56-57H,5-16,33-34H2,1-4H3;4*1-6,11H;;/q;;;;;2*+3/p-6. The van der Waals surface area contributed by atoms with Crippen molar-refractivity contribution in [2.75, 3.05) is 0 Å². The van der Waals surface area contributed by atoms with Crippen molar-refractivity contribution in [1.82, 2.24) is 19.9 Å². The molecule has 0 fully saturated rings. The summed E-state index contributed by atoms with van der Waals surface area (Å²) in [5.41, 5.74) is 20.7. The Bertz CT molecular complexity index is 4750. The van der Waals surface area contributed by atoms with Crippen LogP contribution in [0.5, 0.6) is 34.5 Å². The number of fused-ring (bicyclic) bond motifs is 7. The fourth-order valence-electron chi connectivity index (χ4n) is 15.1. The summed E-state index contributed by atoms with van der Waals surface area (Å²) in [6.45, 7) is 9.24. The predicted molar refractivity (Wildman–Crippen MR) is 422 cm³/mol. The molecule has 0 amide bonds. The van der Waals surface area contributed by atoms with E-state index in [0.29, 0.717) is 34.5 Å². The Kier molecular flexibility index (Phi) is 21.2. The van der Waals surface area contributed by atoms with Crippen molar-refractivity contribution in [3.05, 3.63) is 290 Å². The van der Waals surface area contributed by atoms with Crippen molar-refractivity contribution in [3.8, 4) is 90.1 Å². The fraction of sp³-hybridized carbons (Fsp3) is 0.209. The lowest BCUT2D eigenvalue weighted by Gasteiger charge is -2.34. The zero-order chi connectivity index (χ0) is 69.9. The van der Waals surface area contributed by atoms with Gasteiger partial charge in [-0.25, -0.2) is 0 Å². The third-order valence-corrected chi connectivity index (χ3v) is 23.2. The first kappa shape index (κ1) is 68.5.